The maximum Gasteiger partial charge on any atom is 0.416 e. The van der Waals surface area contributed by atoms with Gasteiger partial charge >= 0.3 is 18.4 Å². The molecule has 0 atom stereocenters. The highest BCUT2D eigenvalue weighted by Crippen LogP contribution is 2.38. The van der Waals surface area contributed by atoms with Crippen molar-refractivity contribution < 1.29 is 40.7 Å². The van der Waals surface area contributed by atoms with Crippen LogP contribution in [0.3, 0.4) is 0 Å². The summed E-state index contributed by atoms with van der Waals surface area (Å²) in [7, 11) is 0. The van der Waals surface area contributed by atoms with E-state index >= 15 is 0 Å². The molecule has 12 heteroatoms. The van der Waals surface area contributed by atoms with Crippen molar-refractivity contribution >= 4 is 23.5 Å². The van der Waals surface area contributed by atoms with Gasteiger partial charge in [0.25, 0.3) is 5.91 Å². The van der Waals surface area contributed by atoms with Crippen molar-refractivity contribution in [3.05, 3.63) is 29.3 Å². The van der Waals surface area contributed by atoms with E-state index in [2.05, 4.69) is 16.0 Å². The van der Waals surface area contributed by atoms with Crippen LogP contribution in [0.1, 0.15) is 36.8 Å². The van der Waals surface area contributed by atoms with E-state index < -0.39 is 58.5 Å². The number of rotatable bonds is 2. The van der Waals surface area contributed by atoms with E-state index in [1.165, 1.54) is 0 Å². The zero-order valence-electron chi connectivity index (χ0n) is 14.6. The van der Waals surface area contributed by atoms with Crippen molar-refractivity contribution in [2.45, 2.75) is 43.6 Å². The van der Waals surface area contributed by atoms with Crippen LogP contribution < -0.4 is 16.0 Å². The summed E-state index contributed by atoms with van der Waals surface area (Å²) >= 11 is 0. The minimum Gasteiger partial charge on any atom is -0.326 e. The van der Waals surface area contributed by atoms with Gasteiger partial charge in [0.15, 0.2) is 0 Å². The van der Waals surface area contributed by atoms with Crippen LogP contribution in [0.25, 0.3) is 0 Å². The lowest BCUT2D eigenvalue weighted by molar-refractivity contribution is -0.143. The number of anilines is 1. The first-order chi connectivity index (χ1) is 13.3. The van der Waals surface area contributed by atoms with Crippen LogP contribution in [-0.2, 0) is 21.9 Å². The number of urea groups is 1. The van der Waals surface area contributed by atoms with Gasteiger partial charge in [-0.1, -0.05) is 0 Å². The molecule has 1 aliphatic carbocycles. The molecule has 0 bridgehead atoms. The van der Waals surface area contributed by atoms with Crippen molar-refractivity contribution in [3.63, 3.8) is 0 Å². The van der Waals surface area contributed by atoms with Crippen LogP contribution in [0, 0.1) is 5.92 Å². The molecule has 1 heterocycles. The van der Waals surface area contributed by atoms with E-state index in [0.717, 1.165) is 0 Å². The molecule has 1 aromatic carbocycles. The van der Waals surface area contributed by atoms with E-state index in [-0.39, 0.29) is 31.7 Å². The summed E-state index contributed by atoms with van der Waals surface area (Å²) in [5.74, 6) is -2.00. The van der Waals surface area contributed by atoms with Crippen molar-refractivity contribution in [2.24, 2.45) is 5.92 Å². The van der Waals surface area contributed by atoms with Crippen LogP contribution in [0.2, 0.25) is 0 Å². The van der Waals surface area contributed by atoms with E-state index in [4.69, 9.17) is 0 Å². The van der Waals surface area contributed by atoms with Gasteiger partial charge in [-0.3, -0.25) is 14.9 Å². The molecule has 2 aliphatic rings. The van der Waals surface area contributed by atoms with Gasteiger partial charge in [-0.05, 0) is 43.9 Å². The molecule has 1 saturated heterocycles. The van der Waals surface area contributed by atoms with Crippen molar-refractivity contribution in [2.75, 3.05) is 5.32 Å². The maximum absolute atomic E-state index is 12.9. The molecular weight excluding hydrogens is 408 g/mol. The lowest BCUT2D eigenvalue weighted by atomic mass is 9.76. The number of carbonyl (C=O) groups excluding carboxylic acids is 3. The summed E-state index contributed by atoms with van der Waals surface area (Å²) in [6, 6.07) is 0.188. The number of nitrogens with one attached hydrogen (secondary N) is 3. The monoisotopic (exact) mass is 423 g/mol. The van der Waals surface area contributed by atoms with Crippen molar-refractivity contribution in [3.8, 4) is 0 Å². The van der Waals surface area contributed by atoms with Crippen LogP contribution in [0.4, 0.5) is 36.8 Å². The van der Waals surface area contributed by atoms with E-state index in [1.807, 2.05) is 0 Å². The molecule has 1 spiro atoms. The van der Waals surface area contributed by atoms with Gasteiger partial charge < -0.3 is 10.6 Å². The predicted molar refractivity (Wildman–Crippen MR) is 86.4 cm³/mol. The molecule has 3 rings (SSSR count). The summed E-state index contributed by atoms with van der Waals surface area (Å²) in [5, 5.41) is 6.70. The Balaban J connectivity index is 1.74. The highest BCUT2D eigenvalue weighted by atomic mass is 19.4. The number of halogens is 6. The molecule has 1 aliphatic heterocycles. The van der Waals surface area contributed by atoms with Crippen molar-refractivity contribution in [1.29, 1.82) is 0 Å². The third-order valence-electron chi connectivity index (χ3n) is 5.08. The molecular formula is C17H15F6N3O3. The van der Waals surface area contributed by atoms with Crippen LogP contribution in [0.15, 0.2) is 18.2 Å². The number of carbonyl (C=O) groups is 3. The second kappa shape index (κ2) is 6.92. The highest BCUT2D eigenvalue weighted by molar-refractivity contribution is 6.07. The molecule has 158 valence electrons. The van der Waals surface area contributed by atoms with E-state index in [0.29, 0.717) is 12.1 Å². The zero-order valence-corrected chi connectivity index (χ0v) is 14.6. The normalized spacial score (nSPS) is 25.0. The molecule has 0 aromatic heterocycles. The zero-order chi connectivity index (χ0) is 21.6. The highest BCUT2D eigenvalue weighted by Gasteiger charge is 2.49. The molecule has 2 fully saturated rings. The fraction of sp³-hybridized carbons (Fsp3) is 0.471. The summed E-state index contributed by atoms with van der Waals surface area (Å²) in [4.78, 5) is 35.6. The summed E-state index contributed by atoms with van der Waals surface area (Å²) in [6.45, 7) is 0. The number of amides is 4. The largest absolute Gasteiger partial charge is 0.416 e. The van der Waals surface area contributed by atoms with Gasteiger partial charge in [-0.2, -0.15) is 26.3 Å². The van der Waals surface area contributed by atoms with Crippen LogP contribution in [-0.4, -0.2) is 23.4 Å². The first kappa shape index (κ1) is 20.9. The minimum atomic E-state index is -5.02. The first-order valence-corrected chi connectivity index (χ1v) is 8.54. The lowest BCUT2D eigenvalue weighted by Gasteiger charge is -2.33. The molecule has 4 amide bonds. The van der Waals surface area contributed by atoms with Crippen LogP contribution in [0.5, 0.6) is 0 Å². The molecule has 3 N–H and O–H groups in total. The topological polar surface area (TPSA) is 87.3 Å². The molecule has 29 heavy (non-hydrogen) atoms. The Morgan fingerprint density at radius 1 is 0.966 bits per heavy atom. The second-order valence-corrected chi connectivity index (χ2v) is 7.05. The average molecular weight is 423 g/mol. The number of hydrogen-bond donors (Lipinski definition) is 3. The van der Waals surface area contributed by atoms with Crippen LogP contribution >= 0.6 is 0 Å². The molecule has 0 radical (unpaired) electrons. The Bertz CT molecular complexity index is 825. The van der Waals surface area contributed by atoms with Crippen molar-refractivity contribution in [1.82, 2.24) is 10.6 Å². The quantitative estimate of drug-likeness (QED) is 0.503. The first-order valence-electron chi connectivity index (χ1n) is 8.54. The van der Waals surface area contributed by atoms with E-state index in [1.54, 1.807) is 0 Å². The third kappa shape index (κ3) is 4.30. The Labute approximate surface area is 160 Å². The Kier molecular flexibility index (Phi) is 4.99. The standard InChI is InChI=1S/C17H15F6N3O3/c18-16(19,20)9-5-10(17(21,22)23)7-11(6-9)24-12(27)8-1-3-15(4-2-8)13(28)25-14(29)26-15/h5-8H,1-4H2,(H,24,27)(H2,25,26,28,29). The second-order valence-electron chi connectivity index (χ2n) is 7.05. The van der Waals surface area contributed by atoms with E-state index in [9.17, 15) is 40.7 Å². The molecule has 1 aromatic rings. The summed E-state index contributed by atoms with van der Waals surface area (Å²) in [6.07, 6.45) is -9.54. The van der Waals surface area contributed by atoms with Gasteiger partial charge in [-0.15, -0.1) is 0 Å². The van der Waals surface area contributed by atoms with Gasteiger partial charge in [0.2, 0.25) is 5.91 Å². The smallest absolute Gasteiger partial charge is 0.326 e. The third-order valence-corrected chi connectivity index (χ3v) is 5.08. The average Bonchev–Trinajstić information content (AvgIpc) is 2.86. The fourth-order valence-corrected chi connectivity index (χ4v) is 3.52. The molecule has 0 unspecified atom stereocenters. The van der Waals surface area contributed by atoms with Gasteiger partial charge in [0.05, 0.1) is 11.1 Å². The molecule has 6 nitrogen and oxygen atoms in total. The number of imide groups is 1. The number of alkyl halides is 6. The fourth-order valence-electron chi connectivity index (χ4n) is 3.52. The Hall–Kier alpha value is -2.79. The van der Waals surface area contributed by atoms with Gasteiger partial charge in [0, 0.05) is 11.6 Å². The maximum atomic E-state index is 12.9. The lowest BCUT2D eigenvalue weighted by Crippen LogP contribution is -2.50. The Morgan fingerprint density at radius 2 is 1.48 bits per heavy atom. The molecule has 1 saturated carbocycles. The minimum absolute atomic E-state index is 0.0264. The number of hydrogen-bond acceptors (Lipinski definition) is 3. The predicted octanol–water partition coefficient (Wildman–Crippen LogP) is 3.43. The van der Waals surface area contributed by atoms with Gasteiger partial charge in [0.1, 0.15) is 5.54 Å². The summed E-state index contributed by atoms with van der Waals surface area (Å²) < 4.78 is 77.5. The Morgan fingerprint density at radius 3 is 1.90 bits per heavy atom. The summed E-state index contributed by atoms with van der Waals surface area (Å²) in [5.41, 5.74) is -4.82. The van der Waals surface area contributed by atoms with Gasteiger partial charge in [-0.25, -0.2) is 4.79 Å². The number of benzene rings is 1. The SMILES string of the molecule is O=C1NC(=O)C2(CCC(C(=O)Nc3cc(C(F)(F)F)cc(C(F)(F)F)c3)CC2)N1.